The molecule has 0 saturated carbocycles. The van der Waals surface area contributed by atoms with Gasteiger partial charge >= 0.3 is 20.6 Å². The van der Waals surface area contributed by atoms with Gasteiger partial charge in [0.25, 0.3) is 0 Å². The summed E-state index contributed by atoms with van der Waals surface area (Å²) >= 11 is 0. The van der Waals surface area contributed by atoms with E-state index in [-0.39, 0.29) is 10.1 Å². The summed E-state index contributed by atoms with van der Waals surface area (Å²) in [4.78, 5) is 0. The predicted octanol–water partition coefficient (Wildman–Crippen LogP) is 1.11. The van der Waals surface area contributed by atoms with Gasteiger partial charge in [0.05, 0.1) is 0 Å². The van der Waals surface area contributed by atoms with E-state index in [1.54, 1.807) is 0 Å². The molecule has 0 aliphatic heterocycles. The van der Waals surface area contributed by atoms with Crippen molar-refractivity contribution in [1.29, 1.82) is 0 Å². The molecule has 1 unspecified atom stereocenters. The van der Waals surface area contributed by atoms with Crippen molar-refractivity contribution < 1.29 is 25.9 Å². The summed E-state index contributed by atoms with van der Waals surface area (Å²) in [5.41, 5.74) is 0. The monoisotopic (exact) mass is 289 g/mol. The lowest BCUT2D eigenvalue weighted by atomic mass is 10.0. The molecule has 0 aromatic rings. The van der Waals surface area contributed by atoms with Crippen molar-refractivity contribution in [3.8, 4) is 0 Å². The van der Waals surface area contributed by atoms with Crippen LogP contribution in [0.3, 0.4) is 0 Å². The summed E-state index contributed by atoms with van der Waals surface area (Å²) in [5.74, 6) is 0.409. The average molecular weight is 289 g/mol. The van der Waals surface area contributed by atoms with E-state index in [0.29, 0.717) is 12.3 Å². The molecular weight excluding hydrogens is 270 g/mol. The lowest BCUT2D eigenvalue weighted by molar-refractivity contribution is 0.333. The first-order valence-corrected chi connectivity index (χ1v) is 8.00. The maximum absolute atomic E-state index is 10.9. The Labute approximate surface area is 103 Å². The molecule has 0 bridgehead atoms. The Bertz CT molecular complexity index is 395. The fourth-order valence-electron chi connectivity index (χ4n) is 1.50. The molecule has 104 valence electrons. The molecule has 0 saturated heterocycles. The Balaban J connectivity index is 4.75. The molecule has 0 fully saturated rings. The van der Waals surface area contributed by atoms with Crippen molar-refractivity contribution in [1.82, 2.24) is 3.71 Å². The van der Waals surface area contributed by atoms with Gasteiger partial charge in [0, 0.05) is 6.04 Å². The second kappa shape index (κ2) is 6.10. The quantitative estimate of drug-likeness (QED) is 0.679. The highest BCUT2D eigenvalue weighted by molar-refractivity contribution is 7.98. The largest absolute Gasteiger partial charge is 0.351 e. The molecule has 0 rings (SSSR count). The smallest absolute Gasteiger partial charge is 0.273 e. The van der Waals surface area contributed by atoms with E-state index in [1.807, 2.05) is 13.8 Å². The van der Waals surface area contributed by atoms with Gasteiger partial charge in [0.15, 0.2) is 0 Å². The molecule has 0 aliphatic rings. The van der Waals surface area contributed by atoms with Crippen LogP contribution in [0.15, 0.2) is 0 Å². The highest BCUT2D eigenvalue weighted by Gasteiger charge is 2.35. The minimum Gasteiger partial charge on any atom is -0.273 e. The summed E-state index contributed by atoms with van der Waals surface area (Å²) in [6, 6.07) is -1.02. The highest BCUT2D eigenvalue weighted by Crippen LogP contribution is 2.17. The van der Waals surface area contributed by atoms with Gasteiger partial charge in [-0.3, -0.25) is 9.11 Å². The van der Waals surface area contributed by atoms with Crippen LogP contribution >= 0.6 is 0 Å². The van der Waals surface area contributed by atoms with E-state index in [1.165, 1.54) is 6.92 Å². The maximum Gasteiger partial charge on any atom is 0.351 e. The second-order valence-corrected chi connectivity index (χ2v) is 7.16. The van der Waals surface area contributed by atoms with Crippen LogP contribution < -0.4 is 0 Å². The van der Waals surface area contributed by atoms with Gasteiger partial charge in [-0.1, -0.05) is 26.7 Å². The first-order chi connectivity index (χ1) is 7.46. The normalized spacial score (nSPS) is 15.5. The minimum atomic E-state index is -4.98. The fourth-order valence-corrected chi connectivity index (χ4v) is 3.57. The Kier molecular flexibility index (Phi) is 6.02. The molecule has 0 radical (unpaired) electrons. The van der Waals surface area contributed by atoms with Crippen LogP contribution in [-0.4, -0.2) is 35.7 Å². The average Bonchev–Trinajstić information content (AvgIpc) is 1.96. The molecule has 0 aromatic heterocycles. The van der Waals surface area contributed by atoms with E-state index >= 15 is 0 Å². The zero-order chi connectivity index (χ0) is 13.9. The van der Waals surface area contributed by atoms with Crippen LogP contribution in [0.25, 0.3) is 0 Å². The third-order valence-electron chi connectivity index (χ3n) is 2.22. The number of hydrogen-bond donors (Lipinski definition) is 2. The fraction of sp³-hybridized carbons (Fsp3) is 1.00. The van der Waals surface area contributed by atoms with Gasteiger partial charge < -0.3 is 0 Å². The van der Waals surface area contributed by atoms with E-state index in [2.05, 4.69) is 0 Å². The van der Waals surface area contributed by atoms with E-state index in [0.717, 1.165) is 6.42 Å². The molecule has 1 atom stereocenters. The van der Waals surface area contributed by atoms with Gasteiger partial charge in [0.1, 0.15) is 0 Å². The van der Waals surface area contributed by atoms with E-state index in [4.69, 9.17) is 9.11 Å². The van der Waals surface area contributed by atoms with Crippen LogP contribution in [0.4, 0.5) is 0 Å². The third-order valence-corrected chi connectivity index (χ3v) is 4.98. The predicted molar refractivity (Wildman–Crippen MR) is 63.1 cm³/mol. The summed E-state index contributed by atoms with van der Waals surface area (Å²) in [7, 11) is -9.95. The summed E-state index contributed by atoms with van der Waals surface area (Å²) in [5, 5.41) is 0. The van der Waals surface area contributed by atoms with Gasteiger partial charge in [-0.25, -0.2) is 0 Å². The van der Waals surface area contributed by atoms with Crippen LogP contribution in [-0.2, 0) is 20.6 Å². The zero-order valence-corrected chi connectivity index (χ0v) is 11.7. The van der Waals surface area contributed by atoms with Crippen molar-refractivity contribution in [2.75, 3.05) is 0 Å². The Morgan fingerprint density at radius 2 is 1.35 bits per heavy atom. The Morgan fingerprint density at radius 3 is 1.65 bits per heavy atom. The topological polar surface area (TPSA) is 112 Å². The second-order valence-electron chi connectivity index (χ2n) is 4.35. The molecule has 2 N–H and O–H groups in total. The minimum absolute atomic E-state index is 0.234. The van der Waals surface area contributed by atoms with Crippen molar-refractivity contribution in [2.24, 2.45) is 5.92 Å². The van der Waals surface area contributed by atoms with Crippen LogP contribution in [0, 0.1) is 5.92 Å². The third kappa shape index (κ3) is 6.32. The maximum atomic E-state index is 10.9. The van der Waals surface area contributed by atoms with Crippen molar-refractivity contribution >= 4 is 20.6 Å². The molecular formula is C8H19NO6S2. The van der Waals surface area contributed by atoms with Crippen molar-refractivity contribution in [2.45, 2.75) is 46.1 Å². The van der Waals surface area contributed by atoms with Crippen LogP contribution in [0.1, 0.15) is 40.0 Å². The summed E-state index contributed by atoms with van der Waals surface area (Å²) in [6.07, 6.45) is 1.63. The van der Waals surface area contributed by atoms with E-state index < -0.39 is 26.7 Å². The van der Waals surface area contributed by atoms with Crippen LogP contribution in [0.2, 0.25) is 0 Å². The lowest BCUT2D eigenvalue weighted by Crippen LogP contribution is -2.42. The van der Waals surface area contributed by atoms with Crippen LogP contribution in [0.5, 0.6) is 0 Å². The number of rotatable bonds is 7. The Morgan fingerprint density at radius 1 is 0.941 bits per heavy atom. The molecule has 0 heterocycles. The first kappa shape index (κ1) is 16.8. The standard InChI is InChI=1S/C8H19NO6S2/c1-7(2)5-4-6-8(3)9(16(10,11)12)17(13,14)15/h7-8H,4-6H2,1-3H3,(H,10,11,12)(H,13,14,15). The zero-order valence-electron chi connectivity index (χ0n) is 10.1. The Hall–Kier alpha value is -0.220. The molecule has 9 heteroatoms. The van der Waals surface area contributed by atoms with Gasteiger partial charge in [-0.05, 0) is 23.0 Å². The van der Waals surface area contributed by atoms with Crippen molar-refractivity contribution in [3.05, 3.63) is 0 Å². The molecule has 7 nitrogen and oxygen atoms in total. The molecule has 0 aliphatic carbocycles. The molecule has 0 aromatic carbocycles. The van der Waals surface area contributed by atoms with Gasteiger partial charge in [0.2, 0.25) is 0 Å². The summed E-state index contributed by atoms with van der Waals surface area (Å²) in [6.45, 7) is 5.27. The molecule has 17 heavy (non-hydrogen) atoms. The summed E-state index contributed by atoms with van der Waals surface area (Å²) < 4.78 is 60.7. The number of hydrogen-bond acceptors (Lipinski definition) is 4. The lowest BCUT2D eigenvalue weighted by Gasteiger charge is -2.21. The highest BCUT2D eigenvalue weighted by atomic mass is 32.3. The molecule has 0 amide bonds. The SMILES string of the molecule is CC(C)CCCC(C)N(S(=O)(=O)O)S(=O)(=O)O. The van der Waals surface area contributed by atoms with Gasteiger partial charge in [-0.15, -0.1) is 0 Å². The number of nitrogens with zero attached hydrogens (tertiary/aromatic N) is 1. The van der Waals surface area contributed by atoms with Crippen molar-refractivity contribution in [3.63, 3.8) is 0 Å². The first-order valence-electron chi connectivity index (χ1n) is 5.20. The van der Waals surface area contributed by atoms with E-state index in [9.17, 15) is 16.8 Å². The molecule has 0 spiro atoms. The van der Waals surface area contributed by atoms with Gasteiger partial charge in [-0.2, -0.15) is 16.8 Å².